The average Bonchev–Trinajstić information content (AvgIpc) is 2.43. The van der Waals surface area contributed by atoms with Crippen LogP contribution >= 0.6 is 0 Å². The highest BCUT2D eigenvalue weighted by Crippen LogP contribution is 2.27. The predicted octanol–water partition coefficient (Wildman–Crippen LogP) is 4.14. The molecule has 0 aliphatic heterocycles. The number of carbonyl (C=O) groups excluding carboxylic acids is 1. The number of carbonyl (C=O) groups is 1. The third kappa shape index (κ3) is 1.95. The Morgan fingerprint density at radius 3 is 2.58 bits per heavy atom. The summed E-state index contributed by atoms with van der Waals surface area (Å²) in [4.78, 5) is 15.4. The molecule has 0 aliphatic rings. The minimum atomic E-state index is -2.61. The van der Waals surface area contributed by atoms with E-state index in [1.165, 1.54) is 12.1 Å². The van der Waals surface area contributed by atoms with Crippen LogP contribution in [0.4, 0.5) is 8.78 Å². The van der Waals surface area contributed by atoms with Crippen LogP contribution in [0.25, 0.3) is 21.8 Å². The number of pyridine rings is 1. The van der Waals surface area contributed by atoms with Crippen molar-refractivity contribution in [1.29, 1.82) is 0 Å². The maximum absolute atomic E-state index is 12.8. The molecule has 0 unspecified atom stereocenters. The lowest BCUT2D eigenvalue weighted by atomic mass is 10.0. The van der Waals surface area contributed by atoms with Crippen molar-refractivity contribution in [1.82, 2.24) is 4.98 Å². The van der Waals surface area contributed by atoms with Crippen molar-refractivity contribution < 1.29 is 13.6 Å². The molecular weight excluding hydrogens is 248 g/mol. The smallest absolute Gasteiger partial charge is 0.263 e. The third-order valence-corrected chi connectivity index (χ3v) is 3.07. The van der Waals surface area contributed by atoms with Crippen LogP contribution in [0.1, 0.15) is 22.3 Å². The SMILES string of the molecule is O=Cc1cc(C(F)F)cc2nc3ccccc3cc12. The van der Waals surface area contributed by atoms with Crippen LogP contribution in [0.5, 0.6) is 0 Å². The topological polar surface area (TPSA) is 30.0 Å². The lowest BCUT2D eigenvalue weighted by molar-refractivity contribution is 0.112. The van der Waals surface area contributed by atoms with Crippen LogP contribution in [0.15, 0.2) is 42.5 Å². The maximum atomic E-state index is 12.8. The summed E-state index contributed by atoms with van der Waals surface area (Å²) in [5.74, 6) is 0. The molecular formula is C15H9F2NO. The lowest BCUT2D eigenvalue weighted by Crippen LogP contribution is -1.93. The number of benzene rings is 2. The minimum absolute atomic E-state index is 0.183. The summed E-state index contributed by atoms with van der Waals surface area (Å²) in [6.45, 7) is 0. The van der Waals surface area contributed by atoms with Gasteiger partial charge < -0.3 is 0 Å². The monoisotopic (exact) mass is 257 g/mol. The number of hydrogen-bond donors (Lipinski definition) is 0. The number of para-hydroxylation sites is 1. The zero-order chi connectivity index (χ0) is 13.4. The maximum Gasteiger partial charge on any atom is 0.263 e. The molecule has 0 bridgehead atoms. The van der Waals surface area contributed by atoms with Crippen molar-refractivity contribution in [3.05, 3.63) is 53.6 Å². The second-order valence-corrected chi connectivity index (χ2v) is 4.28. The number of rotatable bonds is 2. The molecule has 1 aromatic heterocycles. The van der Waals surface area contributed by atoms with Crippen LogP contribution in [-0.4, -0.2) is 11.3 Å². The van der Waals surface area contributed by atoms with Crippen LogP contribution in [0, 0.1) is 0 Å². The number of hydrogen-bond acceptors (Lipinski definition) is 2. The van der Waals surface area contributed by atoms with E-state index < -0.39 is 6.43 Å². The number of fused-ring (bicyclic) bond motifs is 2. The van der Waals surface area contributed by atoms with Gasteiger partial charge in [-0.2, -0.15) is 0 Å². The van der Waals surface area contributed by atoms with Crippen molar-refractivity contribution in [3.63, 3.8) is 0 Å². The van der Waals surface area contributed by atoms with E-state index in [0.29, 0.717) is 17.2 Å². The van der Waals surface area contributed by atoms with Crippen LogP contribution in [0.3, 0.4) is 0 Å². The summed E-state index contributed by atoms with van der Waals surface area (Å²) >= 11 is 0. The number of aldehydes is 1. The molecule has 0 N–H and O–H groups in total. The number of halogens is 2. The van der Waals surface area contributed by atoms with E-state index in [4.69, 9.17) is 0 Å². The Hall–Kier alpha value is -2.36. The largest absolute Gasteiger partial charge is 0.298 e. The average molecular weight is 257 g/mol. The first-order chi connectivity index (χ1) is 9.19. The van der Waals surface area contributed by atoms with E-state index in [1.54, 1.807) is 6.07 Å². The third-order valence-electron chi connectivity index (χ3n) is 3.07. The first-order valence-electron chi connectivity index (χ1n) is 5.76. The molecule has 4 heteroatoms. The van der Waals surface area contributed by atoms with Crippen LogP contribution in [0.2, 0.25) is 0 Å². The zero-order valence-electron chi connectivity index (χ0n) is 9.81. The summed E-state index contributed by atoms with van der Waals surface area (Å²) in [7, 11) is 0. The van der Waals surface area contributed by atoms with Gasteiger partial charge in [-0.25, -0.2) is 13.8 Å². The molecule has 0 saturated heterocycles. The molecule has 0 amide bonds. The van der Waals surface area contributed by atoms with Gasteiger partial charge in [-0.3, -0.25) is 4.79 Å². The van der Waals surface area contributed by atoms with Gasteiger partial charge in [0.05, 0.1) is 11.0 Å². The standard InChI is InChI=1S/C15H9F2NO/c16-15(17)10-5-11(8-19)12-6-9-3-1-2-4-13(9)18-14(12)7-10/h1-8,15H. The van der Waals surface area contributed by atoms with Gasteiger partial charge in [0.2, 0.25) is 0 Å². The molecule has 0 spiro atoms. The summed E-state index contributed by atoms with van der Waals surface area (Å²) in [5, 5.41) is 1.47. The highest BCUT2D eigenvalue weighted by atomic mass is 19.3. The van der Waals surface area contributed by atoms with Crippen molar-refractivity contribution in [2.24, 2.45) is 0 Å². The number of alkyl halides is 2. The molecule has 3 aromatic rings. The lowest BCUT2D eigenvalue weighted by Gasteiger charge is -2.07. The Bertz CT molecular complexity index is 784. The zero-order valence-corrected chi connectivity index (χ0v) is 9.81. The van der Waals surface area contributed by atoms with E-state index >= 15 is 0 Å². The first-order valence-corrected chi connectivity index (χ1v) is 5.76. The van der Waals surface area contributed by atoms with E-state index in [0.717, 1.165) is 10.9 Å². The fourth-order valence-corrected chi connectivity index (χ4v) is 2.15. The molecule has 19 heavy (non-hydrogen) atoms. The second kappa shape index (κ2) is 4.39. The molecule has 0 radical (unpaired) electrons. The second-order valence-electron chi connectivity index (χ2n) is 4.28. The summed E-state index contributed by atoms with van der Waals surface area (Å²) in [6.07, 6.45) is -2.03. The van der Waals surface area contributed by atoms with Gasteiger partial charge in [-0.1, -0.05) is 18.2 Å². The van der Waals surface area contributed by atoms with Crippen molar-refractivity contribution >= 4 is 28.1 Å². The first kappa shape index (κ1) is 11.7. The van der Waals surface area contributed by atoms with E-state index in [2.05, 4.69) is 4.98 Å². The predicted molar refractivity (Wildman–Crippen MR) is 69.6 cm³/mol. The van der Waals surface area contributed by atoms with Crippen molar-refractivity contribution in [2.75, 3.05) is 0 Å². The Labute approximate surface area is 107 Å². The van der Waals surface area contributed by atoms with E-state index in [1.807, 2.05) is 24.3 Å². The Balaban J connectivity index is 2.42. The Kier molecular flexibility index (Phi) is 2.71. The van der Waals surface area contributed by atoms with Gasteiger partial charge in [-0.15, -0.1) is 0 Å². The van der Waals surface area contributed by atoms with E-state index in [-0.39, 0.29) is 11.1 Å². The minimum Gasteiger partial charge on any atom is -0.298 e. The molecule has 0 fully saturated rings. The highest BCUT2D eigenvalue weighted by molar-refractivity contribution is 6.02. The fraction of sp³-hybridized carbons (Fsp3) is 0.0667. The number of nitrogens with zero attached hydrogens (tertiary/aromatic N) is 1. The van der Waals surface area contributed by atoms with Gasteiger partial charge in [-0.05, 0) is 24.3 Å². The van der Waals surface area contributed by atoms with Crippen molar-refractivity contribution in [3.8, 4) is 0 Å². The molecule has 3 rings (SSSR count). The van der Waals surface area contributed by atoms with Gasteiger partial charge in [0.15, 0.2) is 6.29 Å². The van der Waals surface area contributed by atoms with Gasteiger partial charge in [0.25, 0.3) is 6.43 Å². The summed E-state index contributed by atoms with van der Waals surface area (Å²) < 4.78 is 25.6. The molecule has 0 saturated carbocycles. The van der Waals surface area contributed by atoms with E-state index in [9.17, 15) is 13.6 Å². The molecule has 0 atom stereocenters. The van der Waals surface area contributed by atoms with Crippen LogP contribution in [-0.2, 0) is 0 Å². The Morgan fingerprint density at radius 2 is 1.84 bits per heavy atom. The summed E-state index contributed by atoms with van der Waals surface area (Å²) in [6, 6.07) is 11.7. The van der Waals surface area contributed by atoms with Gasteiger partial charge >= 0.3 is 0 Å². The van der Waals surface area contributed by atoms with Gasteiger partial charge in [0, 0.05) is 21.9 Å². The van der Waals surface area contributed by atoms with Crippen molar-refractivity contribution in [2.45, 2.75) is 6.43 Å². The fourth-order valence-electron chi connectivity index (χ4n) is 2.15. The molecule has 0 aliphatic carbocycles. The molecule has 2 nitrogen and oxygen atoms in total. The number of aromatic nitrogens is 1. The highest BCUT2D eigenvalue weighted by Gasteiger charge is 2.12. The quantitative estimate of drug-likeness (QED) is 0.510. The molecule has 94 valence electrons. The Morgan fingerprint density at radius 1 is 1.05 bits per heavy atom. The molecule has 2 aromatic carbocycles. The normalized spacial score (nSPS) is 11.3. The van der Waals surface area contributed by atoms with Crippen LogP contribution < -0.4 is 0 Å². The van der Waals surface area contributed by atoms with Gasteiger partial charge in [0.1, 0.15) is 0 Å². The summed E-state index contributed by atoms with van der Waals surface area (Å²) in [5.41, 5.74) is 1.19. The molecule has 1 heterocycles.